The molecule has 1 aromatic rings. The fourth-order valence-corrected chi connectivity index (χ4v) is 2.85. The first kappa shape index (κ1) is 12.4. The third-order valence-electron chi connectivity index (χ3n) is 1.49. The van der Waals surface area contributed by atoms with Crippen molar-refractivity contribution >= 4 is 28.1 Å². The number of carbonyl (C=O) groups is 1. The van der Waals surface area contributed by atoms with E-state index in [2.05, 4.69) is 4.98 Å². The highest BCUT2D eigenvalue weighted by atomic mass is 33.1. The van der Waals surface area contributed by atoms with Crippen LogP contribution in [-0.4, -0.2) is 22.8 Å². The molecule has 0 spiro atoms. The van der Waals surface area contributed by atoms with Gasteiger partial charge in [-0.15, -0.1) is 0 Å². The Labute approximate surface area is 97.4 Å². The molecule has 0 unspecified atom stereocenters. The van der Waals surface area contributed by atoms with Crippen molar-refractivity contribution < 1.29 is 9.53 Å². The van der Waals surface area contributed by atoms with Crippen LogP contribution in [0.5, 0.6) is 0 Å². The summed E-state index contributed by atoms with van der Waals surface area (Å²) < 4.78 is 4.64. The molecule has 15 heavy (non-hydrogen) atoms. The molecule has 82 valence electrons. The van der Waals surface area contributed by atoms with E-state index in [9.17, 15) is 4.79 Å². The van der Waals surface area contributed by atoms with Crippen LogP contribution in [-0.2, 0) is 9.53 Å². The summed E-state index contributed by atoms with van der Waals surface area (Å²) in [5.41, 5.74) is 0. The van der Waals surface area contributed by atoms with E-state index in [-0.39, 0.29) is 4.75 Å². The van der Waals surface area contributed by atoms with Gasteiger partial charge in [0.2, 0.25) is 0 Å². The first-order chi connectivity index (χ1) is 7.14. The maximum atomic E-state index is 10.1. The van der Waals surface area contributed by atoms with Crippen LogP contribution < -0.4 is 0 Å². The van der Waals surface area contributed by atoms with Crippen LogP contribution in [0.15, 0.2) is 29.4 Å². The highest BCUT2D eigenvalue weighted by molar-refractivity contribution is 8.77. The van der Waals surface area contributed by atoms with Gasteiger partial charge in [0.05, 0.1) is 4.75 Å². The Bertz CT molecular complexity index is 304. The van der Waals surface area contributed by atoms with E-state index in [1.807, 2.05) is 32.0 Å². The minimum Gasteiger partial charge on any atom is -0.466 e. The van der Waals surface area contributed by atoms with Gasteiger partial charge < -0.3 is 4.74 Å². The number of rotatable bonds is 6. The molecule has 0 amide bonds. The smallest absolute Gasteiger partial charge is 0.293 e. The first-order valence-electron chi connectivity index (χ1n) is 4.46. The summed E-state index contributed by atoms with van der Waals surface area (Å²) in [5.74, 6) is 0. The normalized spacial score (nSPS) is 11.1. The Hall–Kier alpha value is -0.680. The Morgan fingerprint density at radius 3 is 2.93 bits per heavy atom. The molecule has 1 rings (SSSR count). The third-order valence-corrected chi connectivity index (χ3v) is 4.67. The molecule has 0 saturated heterocycles. The van der Waals surface area contributed by atoms with E-state index in [0.29, 0.717) is 13.1 Å². The average Bonchev–Trinajstić information content (AvgIpc) is 2.25. The Morgan fingerprint density at radius 2 is 2.33 bits per heavy atom. The highest BCUT2D eigenvalue weighted by Crippen LogP contribution is 2.39. The second-order valence-electron chi connectivity index (χ2n) is 3.50. The van der Waals surface area contributed by atoms with Gasteiger partial charge >= 0.3 is 0 Å². The zero-order valence-electron chi connectivity index (χ0n) is 8.67. The van der Waals surface area contributed by atoms with Gasteiger partial charge in [0.25, 0.3) is 6.47 Å². The number of pyridine rings is 1. The van der Waals surface area contributed by atoms with Crippen molar-refractivity contribution in [2.75, 3.05) is 6.61 Å². The number of hydrogen-bond acceptors (Lipinski definition) is 5. The Morgan fingerprint density at radius 1 is 1.53 bits per heavy atom. The molecule has 5 heteroatoms. The van der Waals surface area contributed by atoms with Crippen molar-refractivity contribution in [2.24, 2.45) is 0 Å². The Kier molecular flexibility index (Phi) is 4.98. The minimum absolute atomic E-state index is 0.108. The lowest BCUT2D eigenvalue weighted by molar-refractivity contribution is -0.129. The molecule has 0 bridgehead atoms. The second kappa shape index (κ2) is 6.02. The zero-order valence-corrected chi connectivity index (χ0v) is 10.3. The van der Waals surface area contributed by atoms with Crippen molar-refractivity contribution in [1.29, 1.82) is 0 Å². The molecule has 0 aliphatic heterocycles. The lowest BCUT2D eigenvalue weighted by Crippen LogP contribution is -2.21. The van der Waals surface area contributed by atoms with E-state index in [1.54, 1.807) is 27.8 Å². The summed E-state index contributed by atoms with van der Waals surface area (Å²) in [6, 6.07) is 5.79. The SMILES string of the molecule is CC(C)(COC=O)SSc1ccccn1. The molecule has 1 heterocycles. The van der Waals surface area contributed by atoms with Gasteiger partial charge in [-0.25, -0.2) is 4.98 Å². The Balaban J connectivity index is 2.39. The average molecular weight is 243 g/mol. The quantitative estimate of drug-likeness (QED) is 0.567. The van der Waals surface area contributed by atoms with Crippen LogP contribution in [0.2, 0.25) is 0 Å². The molecule has 1 aromatic heterocycles. The molecule has 0 aliphatic rings. The van der Waals surface area contributed by atoms with Crippen molar-refractivity contribution in [1.82, 2.24) is 4.98 Å². The van der Waals surface area contributed by atoms with Crippen LogP contribution in [0.25, 0.3) is 0 Å². The summed E-state index contributed by atoms with van der Waals surface area (Å²) in [5, 5.41) is 0.960. The standard InChI is InChI=1S/C10H13NO2S2/c1-10(2,7-13-8-12)15-14-9-5-3-4-6-11-9/h3-6,8H,7H2,1-2H3. The number of carbonyl (C=O) groups excluding carboxylic acids is 1. The monoisotopic (exact) mass is 243 g/mol. The van der Waals surface area contributed by atoms with Crippen molar-refractivity contribution in [2.45, 2.75) is 23.6 Å². The topological polar surface area (TPSA) is 39.2 Å². The van der Waals surface area contributed by atoms with Crippen LogP contribution in [0.3, 0.4) is 0 Å². The first-order valence-corrected chi connectivity index (χ1v) is 6.61. The van der Waals surface area contributed by atoms with Crippen LogP contribution in [0.1, 0.15) is 13.8 Å². The van der Waals surface area contributed by atoms with Crippen LogP contribution in [0, 0.1) is 0 Å². The summed E-state index contributed by atoms with van der Waals surface area (Å²) in [6.45, 7) is 4.93. The molecule has 0 radical (unpaired) electrons. The summed E-state index contributed by atoms with van der Waals surface area (Å²) >= 11 is 0. The van der Waals surface area contributed by atoms with Gasteiger partial charge in [0, 0.05) is 6.20 Å². The minimum atomic E-state index is -0.108. The molecule has 3 nitrogen and oxygen atoms in total. The van der Waals surface area contributed by atoms with Gasteiger partial charge in [-0.3, -0.25) is 4.79 Å². The molecule has 0 aromatic carbocycles. The van der Waals surface area contributed by atoms with Crippen LogP contribution in [0.4, 0.5) is 0 Å². The summed E-state index contributed by atoms with van der Waals surface area (Å²) in [6.07, 6.45) is 1.76. The van der Waals surface area contributed by atoms with Gasteiger partial charge in [0.15, 0.2) is 0 Å². The zero-order chi connectivity index (χ0) is 11.1. The van der Waals surface area contributed by atoms with E-state index < -0.39 is 0 Å². The summed E-state index contributed by atoms with van der Waals surface area (Å²) in [4.78, 5) is 14.3. The number of ether oxygens (including phenoxy) is 1. The maximum Gasteiger partial charge on any atom is 0.293 e. The molecule has 0 N–H and O–H groups in total. The van der Waals surface area contributed by atoms with Gasteiger partial charge in [0.1, 0.15) is 11.6 Å². The van der Waals surface area contributed by atoms with Gasteiger partial charge in [-0.2, -0.15) is 0 Å². The lowest BCUT2D eigenvalue weighted by atomic mass is 10.2. The maximum absolute atomic E-state index is 10.1. The second-order valence-corrected chi connectivity index (χ2v) is 6.36. The van der Waals surface area contributed by atoms with Crippen LogP contribution >= 0.6 is 21.6 Å². The predicted molar refractivity (Wildman–Crippen MR) is 63.8 cm³/mol. The van der Waals surface area contributed by atoms with E-state index in [1.165, 1.54) is 0 Å². The van der Waals surface area contributed by atoms with Gasteiger partial charge in [-0.1, -0.05) is 16.9 Å². The third kappa shape index (κ3) is 5.09. The van der Waals surface area contributed by atoms with E-state index in [0.717, 1.165) is 5.03 Å². The van der Waals surface area contributed by atoms with E-state index >= 15 is 0 Å². The highest BCUT2D eigenvalue weighted by Gasteiger charge is 2.20. The van der Waals surface area contributed by atoms with E-state index in [4.69, 9.17) is 4.74 Å². The summed E-state index contributed by atoms with van der Waals surface area (Å²) in [7, 11) is 3.23. The predicted octanol–water partition coefficient (Wildman–Crippen LogP) is 2.77. The number of aromatic nitrogens is 1. The molecule has 0 fully saturated rings. The van der Waals surface area contributed by atoms with Crippen molar-refractivity contribution in [3.8, 4) is 0 Å². The van der Waals surface area contributed by atoms with Gasteiger partial charge in [-0.05, 0) is 36.8 Å². The molecule has 0 atom stereocenters. The molecule has 0 aliphatic carbocycles. The molecule has 0 saturated carbocycles. The number of nitrogens with zero attached hydrogens (tertiary/aromatic N) is 1. The fourth-order valence-electron chi connectivity index (χ4n) is 0.811. The largest absolute Gasteiger partial charge is 0.466 e. The molecular formula is C10H13NO2S2. The number of hydrogen-bond donors (Lipinski definition) is 0. The molecular weight excluding hydrogens is 230 g/mol. The van der Waals surface area contributed by atoms with Crippen molar-refractivity contribution in [3.63, 3.8) is 0 Å². The lowest BCUT2D eigenvalue weighted by Gasteiger charge is -2.20. The van der Waals surface area contributed by atoms with Crippen molar-refractivity contribution in [3.05, 3.63) is 24.4 Å². The fraction of sp³-hybridized carbons (Fsp3) is 0.400.